The minimum atomic E-state index is -0.689. The van der Waals surface area contributed by atoms with E-state index in [0.29, 0.717) is 11.3 Å². The Hall–Kier alpha value is -4.28. The average molecular weight is 429 g/mol. The molecule has 2 aromatic rings. The molecule has 0 aliphatic carbocycles. The molecule has 1 aromatic carbocycles. The van der Waals surface area contributed by atoms with Crippen LogP contribution in [0, 0.1) is 0 Å². The average Bonchev–Trinajstić information content (AvgIpc) is 3.32. The smallest absolute Gasteiger partial charge is 0.373 e. The van der Waals surface area contributed by atoms with E-state index in [2.05, 4.69) is 10.1 Å². The third-order valence-corrected chi connectivity index (χ3v) is 4.21. The molecule has 1 saturated heterocycles. The van der Waals surface area contributed by atoms with Crippen molar-refractivity contribution in [1.29, 1.82) is 0 Å². The molecule has 2 heterocycles. The molecule has 0 unspecified atom stereocenters. The molecule has 3 rings (SSSR count). The molecule has 0 bridgehead atoms. The maximum atomic E-state index is 12.7. The van der Waals surface area contributed by atoms with Crippen LogP contribution in [0.4, 0.5) is 4.79 Å². The third-order valence-electron chi connectivity index (χ3n) is 4.21. The number of esters is 1. The van der Waals surface area contributed by atoms with Gasteiger partial charge in [0.2, 0.25) is 5.76 Å². The topological polar surface area (TPSA) is 150 Å². The lowest BCUT2D eigenvalue weighted by atomic mass is 10.1. The molecule has 0 atom stereocenters. The third kappa shape index (κ3) is 4.66. The Bertz CT molecular complexity index is 1070. The molecule has 162 valence electrons. The van der Waals surface area contributed by atoms with Crippen LogP contribution in [-0.4, -0.2) is 49.5 Å². The molecule has 0 saturated carbocycles. The van der Waals surface area contributed by atoms with Crippen molar-refractivity contribution in [2.45, 2.75) is 6.54 Å². The first-order valence-electron chi connectivity index (χ1n) is 8.93. The van der Waals surface area contributed by atoms with E-state index < -0.39 is 30.4 Å². The van der Waals surface area contributed by atoms with Crippen LogP contribution in [0.2, 0.25) is 0 Å². The highest BCUT2D eigenvalue weighted by molar-refractivity contribution is 6.14. The summed E-state index contributed by atoms with van der Waals surface area (Å²) in [4.78, 5) is 48.6. The lowest BCUT2D eigenvalue weighted by Gasteiger charge is -2.12. The van der Waals surface area contributed by atoms with Crippen molar-refractivity contribution in [3.05, 3.63) is 53.1 Å². The Labute approximate surface area is 176 Å². The monoisotopic (exact) mass is 429 g/mol. The van der Waals surface area contributed by atoms with E-state index >= 15 is 0 Å². The van der Waals surface area contributed by atoms with E-state index in [1.807, 2.05) is 0 Å². The number of urea groups is 1. The Morgan fingerprint density at radius 2 is 1.97 bits per heavy atom. The second-order valence-corrected chi connectivity index (χ2v) is 6.27. The molecular formula is C20H19N3O8. The molecule has 1 fully saturated rings. The standard InChI is InChI=1S/C20H19N3O8/c1-28-14-5-3-4-11(17(14)30-10-16(21)24)8-13-18(25)23(20(27)22-13)9-12-6-7-15(31-12)19(26)29-2/h3-8H,9-10H2,1-2H3,(H2,21,24)(H,22,27)/b13-8-. The number of ether oxygens (including phenoxy) is 3. The number of furan rings is 1. The highest BCUT2D eigenvalue weighted by Crippen LogP contribution is 2.33. The van der Waals surface area contributed by atoms with Gasteiger partial charge in [0.1, 0.15) is 11.5 Å². The first-order valence-corrected chi connectivity index (χ1v) is 8.93. The maximum absolute atomic E-state index is 12.7. The first-order chi connectivity index (χ1) is 14.8. The van der Waals surface area contributed by atoms with Gasteiger partial charge in [-0.2, -0.15) is 0 Å². The van der Waals surface area contributed by atoms with Crippen LogP contribution < -0.4 is 20.5 Å². The first kappa shape index (κ1) is 21.4. The van der Waals surface area contributed by atoms with E-state index in [4.69, 9.17) is 19.6 Å². The fraction of sp³-hybridized carbons (Fsp3) is 0.200. The van der Waals surface area contributed by atoms with Gasteiger partial charge in [-0.3, -0.25) is 14.5 Å². The van der Waals surface area contributed by atoms with E-state index in [-0.39, 0.29) is 29.5 Å². The predicted octanol–water partition coefficient (Wildman–Crippen LogP) is 1.03. The second kappa shape index (κ2) is 9.03. The number of carbonyl (C=O) groups excluding carboxylic acids is 4. The zero-order valence-corrected chi connectivity index (χ0v) is 16.7. The summed E-state index contributed by atoms with van der Waals surface area (Å²) in [7, 11) is 2.62. The molecule has 1 aliphatic heterocycles. The van der Waals surface area contributed by atoms with Crippen molar-refractivity contribution in [2.24, 2.45) is 5.73 Å². The summed E-state index contributed by atoms with van der Waals surface area (Å²) < 4.78 is 20.5. The number of benzene rings is 1. The van der Waals surface area contributed by atoms with Crippen molar-refractivity contribution in [3.8, 4) is 11.5 Å². The fourth-order valence-electron chi connectivity index (χ4n) is 2.80. The molecule has 0 spiro atoms. The zero-order valence-electron chi connectivity index (χ0n) is 16.7. The Morgan fingerprint density at radius 3 is 2.65 bits per heavy atom. The minimum Gasteiger partial charge on any atom is -0.493 e. The van der Waals surface area contributed by atoms with Gasteiger partial charge in [0.25, 0.3) is 11.8 Å². The zero-order chi connectivity index (χ0) is 22.5. The number of imide groups is 1. The highest BCUT2D eigenvalue weighted by atomic mass is 16.5. The lowest BCUT2D eigenvalue weighted by Crippen LogP contribution is -2.30. The summed E-state index contributed by atoms with van der Waals surface area (Å²) in [6, 6.07) is 7.05. The number of primary amides is 1. The van der Waals surface area contributed by atoms with Crippen LogP contribution in [0.15, 0.2) is 40.4 Å². The summed E-state index contributed by atoms with van der Waals surface area (Å²) in [5.41, 5.74) is 5.49. The van der Waals surface area contributed by atoms with Crippen molar-refractivity contribution >= 4 is 29.9 Å². The number of hydrogen-bond donors (Lipinski definition) is 2. The van der Waals surface area contributed by atoms with Gasteiger partial charge in [0, 0.05) is 5.56 Å². The highest BCUT2D eigenvalue weighted by Gasteiger charge is 2.34. The van der Waals surface area contributed by atoms with Gasteiger partial charge >= 0.3 is 12.0 Å². The Morgan fingerprint density at radius 1 is 1.19 bits per heavy atom. The molecule has 1 aromatic heterocycles. The number of amides is 4. The summed E-state index contributed by atoms with van der Waals surface area (Å²) in [5.74, 6) is -1.31. The van der Waals surface area contributed by atoms with E-state index in [1.54, 1.807) is 18.2 Å². The summed E-state index contributed by atoms with van der Waals surface area (Å²) >= 11 is 0. The fourth-order valence-corrected chi connectivity index (χ4v) is 2.80. The number of nitrogens with two attached hydrogens (primary N) is 1. The Kier molecular flexibility index (Phi) is 6.24. The molecule has 3 N–H and O–H groups in total. The number of hydrogen-bond acceptors (Lipinski definition) is 8. The van der Waals surface area contributed by atoms with Crippen LogP contribution in [-0.2, 0) is 20.9 Å². The van der Waals surface area contributed by atoms with Crippen molar-refractivity contribution in [3.63, 3.8) is 0 Å². The molecule has 31 heavy (non-hydrogen) atoms. The van der Waals surface area contributed by atoms with Crippen LogP contribution >= 0.6 is 0 Å². The number of para-hydroxylation sites is 1. The molecular weight excluding hydrogens is 410 g/mol. The van der Waals surface area contributed by atoms with Crippen molar-refractivity contribution in [2.75, 3.05) is 20.8 Å². The minimum absolute atomic E-state index is 0.0260. The van der Waals surface area contributed by atoms with Crippen LogP contribution in [0.25, 0.3) is 6.08 Å². The summed E-state index contributed by atoms with van der Waals surface area (Å²) in [6.07, 6.45) is 1.39. The van der Waals surface area contributed by atoms with Gasteiger partial charge < -0.3 is 29.7 Å². The maximum Gasteiger partial charge on any atom is 0.373 e. The predicted molar refractivity (Wildman–Crippen MR) is 105 cm³/mol. The molecule has 0 radical (unpaired) electrons. The molecule has 1 aliphatic rings. The van der Waals surface area contributed by atoms with Crippen LogP contribution in [0.5, 0.6) is 11.5 Å². The summed E-state index contributed by atoms with van der Waals surface area (Å²) in [6.45, 7) is -0.591. The number of nitrogens with one attached hydrogen (secondary N) is 1. The quantitative estimate of drug-likeness (QED) is 0.359. The van der Waals surface area contributed by atoms with Gasteiger partial charge in [0.15, 0.2) is 18.1 Å². The van der Waals surface area contributed by atoms with Gasteiger partial charge in [0.05, 0.1) is 20.8 Å². The van der Waals surface area contributed by atoms with E-state index in [9.17, 15) is 19.2 Å². The lowest BCUT2D eigenvalue weighted by molar-refractivity contribution is -0.123. The number of nitrogens with zero attached hydrogens (tertiary/aromatic N) is 1. The normalized spacial score (nSPS) is 14.5. The number of carbonyl (C=O) groups is 4. The second-order valence-electron chi connectivity index (χ2n) is 6.27. The summed E-state index contributed by atoms with van der Waals surface area (Å²) in [5, 5.41) is 2.47. The largest absolute Gasteiger partial charge is 0.493 e. The van der Waals surface area contributed by atoms with Gasteiger partial charge in [-0.25, -0.2) is 9.59 Å². The molecule has 11 nitrogen and oxygen atoms in total. The Balaban J connectivity index is 1.84. The number of rotatable bonds is 8. The van der Waals surface area contributed by atoms with Crippen LogP contribution in [0.3, 0.4) is 0 Å². The van der Waals surface area contributed by atoms with Gasteiger partial charge in [-0.05, 0) is 24.3 Å². The van der Waals surface area contributed by atoms with E-state index in [1.165, 1.54) is 32.4 Å². The molecule has 4 amide bonds. The van der Waals surface area contributed by atoms with Crippen LogP contribution in [0.1, 0.15) is 21.9 Å². The van der Waals surface area contributed by atoms with E-state index in [0.717, 1.165) is 4.90 Å². The van der Waals surface area contributed by atoms with Crippen molar-refractivity contribution in [1.82, 2.24) is 10.2 Å². The van der Waals surface area contributed by atoms with Gasteiger partial charge in [-0.15, -0.1) is 0 Å². The van der Waals surface area contributed by atoms with Crippen molar-refractivity contribution < 1.29 is 37.8 Å². The molecule has 11 heteroatoms. The number of methoxy groups -OCH3 is 2. The van der Waals surface area contributed by atoms with Gasteiger partial charge in [-0.1, -0.05) is 12.1 Å². The SMILES string of the molecule is COC(=O)c1ccc(CN2C(=O)N/C(=C\c3cccc(OC)c3OCC(N)=O)C2=O)o1.